The number of carbonyl (C=O) groups is 3. The molecule has 1 aromatic carbocycles. The Morgan fingerprint density at radius 1 is 1.26 bits per heavy atom. The van der Waals surface area contributed by atoms with Gasteiger partial charge in [-0.3, -0.25) is 9.59 Å². The predicted molar refractivity (Wildman–Crippen MR) is 116 cm³/mol. The van der Waals surface area contributed by atoms with Gasteiger partial charge in [-0.25, -0.2) is 9.69 Å². The van der Waals surface area contributed by atoms with Crippen molar-refractivity contribution in [2.24, 2.45) is 0 Å². The topological polar surface area (TPSA) is 94.7 Å². The standard InChI is InChI=1S/C23H30N4O4/c1-14(2)31-13-7-11-24-20(28)15(3)27-21(29)23(4)19-17(10-12-26(23)22(27)30)16-8-5-6-9-18(16)25-19/h5-6,8-9,14-15,25H,7,10-13H2,1-4H3,(H,24,28). The Hall–Kier alpha value is -2.87. The van der Waals surface area contributed by atoms with Crippen LogP contribution < -0.4 is 5.32 Å². The molecule has 2 unspecified atom stereocenters. The van der Waals surface area contributed by atoms with E-state index >= 15 is 0 Å². The number of para-hydroxylation sites is 1. The summed E-state index contributed by atoms with van der Waals surface area (Å²) in [6.07, 6.45) is 1.47. The zero-order chi connectivity index (χ0) is 22.3. The molecule has 2 aliphatic rings. The fourth-order valence-corrected chi connectivity index (χ4v) is 4.63. The summed E-state index contributed by atoms with van der Waals surface area (Å²) in [6.45, 7) is 8.70. The number of benzene rings is 1. The van der Waals surface area contributed by atoms with Gasteiger partial charge in [0.05, 0.1) is 11.8 Å². The summed E-state index contributed by atoms with van der Waals surface area (Å²) < 4.78 is 5.47. The van der Waals surface area contributed by atoms with E-state index in [9.17, 15) is 14.4 Å². The summed E-state index contributed by atoms with van der Waals surface area (Å²) in [5.41, 5.74) is 1.63. The Labute approximate surface area is 181 Å². The molecule has 0 radical (unpaired) electrons. The molecule has 0 saturated carbocycles. The van der Waals surface area contributed by atoms with Crippen molar-refractivity contribution in [1.29, 1.82) is 0 Å². The second kappa shape index (κ2) is 8.00. The molecular formula is C23H30N4O4. The van der Waals surface area contributed by atoms with Crippen LogP contribution in [0.1, 0.15) is 45.4 Å². The largest absolute Gasteiger partial charge is 0.379 e. The summed E-state index contributed by atoms with van der Waals surface area (Å²) in [4.78, 5) is 45.5. The third-order valence-electron chi connectivity index (χ3n) is 6.34. The van der Waals surface area contributed by atoms with Crippen molar-refractivity contribution in [2.75, 3.05) is 19.7 Å². The smallest absolute Gasteiger partial charge is 0.328 e. The number of aromatic nitrogens is 1. The van der Waals surface area contributed by atoms with Crippen LogP contribution in [0.15, 0.2) is 24.3 Å². The van der Waals surface area contributed by atoms with E-state index < -0.39 is 17.6 Å². The molecule has 166 valence electrons. The van der Waals surface area contributed by atoms with Crippen molar-refractivity contribution in [3.8, 4) is 0 Å². The molecule has 1 saturated heterocycles. The minimum absolute atomic E-state index is 0.141. The number of nitrogens with zero attached hydrogens (tertiary/aromatic N) is 2. The molecular weight excluding hydrogens is 396 g/mol. The van der Waals surface area contributed by atoms with Crippen molar-refractivity contribution < 1.29 is 19.1 Å². The molecule has 1 aromatic heterocycles. The quantitative estimate of drug-likeness (QED) is 0.525. The number of urea groups is 1. The van der Waals surface area contributed by atoms with Crippen LogP contribution in [0, 0.1) is 0 Å². The Kier molecular flexibility index (Phi) is 5.51. The number of hydrogen-bond donors (Lipinski definition) is 2. The molecule has 4 rings (SSSR count). The fraction of sp³-hybridized carbons (Fsp3) is 0.522. The molecule has 0 aliphatic carbocycles. The van der Waals surface area contributed by atoms with Gasteiger partial charge >= 0.3 is 6.03 Å². The summed E-state index contributed by atoms with van der Waals surface area (Å²) in [5.74, 6) is -0.706. The summed E-state index contributed by atoms with van der Waals surface area (Å²) in [7, 11) is 0. The molecule has 0 bridgehead atoms. The molecule has 1 fully saturated rings. The molecule has 2 aliphatic heterocycles. The van der Waals surface area contributed by atoms with Gasteiger partial charge in [0, 0.05) is 30.6 Å². The SMILES string of the molecule is CC(C)OCCCNC(=O)C(C)N1C(=O)N2CCc3c([nH]c4ccccc34)C2(C)C1=O. The summed E-state index contributed by atoms with van der Waals surface area (Å²) in [5, 5.41) is 3.89. The molecule has 2 atom stereocenters. The number of carbonyl (C=O) groups excluding carboxylic acids is 3. The zero-order valence-corrected chi connectivity index (χ0v) is 18.5. The highest BCUT2D eigenvalue weighted by Crippen LogP contribution is 2.44. The van der Waals surface area contributed by atoms with Gasteiger partial charge < -0.3 is 19.9 Å². The lowest BCUT2D eigenvalue weighted by molar-refractivity contribution is -0.139. The number of hydrogen-bond acceptors (Lipinski definition) is 4. The first-order valence-electron chi connectivity index (χ1n) is 10.9. The van der Waals surface area contributed by atoms with Crippen LogP contribution in [0.5, 0.6) is 0 Å². The van der Waals surface area contributed by atoms with Crippen LogP contribution in [0.25, 0.3) is 10.9 Å². The number of nitrogens with one attached hydrogen (secondary N) is 2. The average Bonchev–Trinajstić information content (AvgIpc) is 3.21. The number of H-pyrrole nitrogens is 1. The number of aromatic amines is 1. The highest BCUT2D eigenvalue weighted by atomic mass is 16.5. The Balaban J connectivity index is 1.53. The number of fused-ring (bicyclic) bond motifs is 5. The van der Waals surface area contributed by atoms with Gasteiger partial charge in [-0.15, -0.1) is 0 Å². The maximum absolute atomic E-state index is 13.6. The monoisotopic (exact) mass is 426 g/mol. The highest BCUT2D eigenvalue weighted by Gasteiger charge is 2.60. The Morgan fingerprint density at radius 2 is 2.00 bits per heavy atom. The molecule has 8 nitrogen and oxygen atoms in total. The first-order valence-corrected chi connectivity index (χ1v) is 10.9. The third kappa shape index (κ3) is 3.39. The fourth-order valence-electron chi connectivity index (χ4n) is 4.63. The average molecular weight is 427 g/mol. The van der Waals surface area contributed by atoms with Crippen LogP contribution in [-0.2, 0) is 26.3 Å². The van der Waals surface area contributed by atoms with E-state index in [2.05, 4.69) is 10.3 Å². The number of amides is 4. The van der Waals surface area contributed by atoms with Crippen LogP contribution in [0.3, 0.4) is 0 Å². The van der Waals surface area contributed by atoms with E-state index in [1.54, 1.807) is 18.7 Å². The predicted octanol–water partition coefficient (Wildman–Crippen LogP) is 2.52. The second-order valence-electron chi connectivity index (χ2n) is 8.70. The minimum Gasteiger partial charge on any atom is -0.379 e. The first kappa shape index (κ1) is 21.4. The van der Waals surface area contributed by atoms with Crippen molar-refractivity contribution in [3.63, 3.8) is 0 Å². The van der Waals surface area contributed by atoms with Crippen molar-refractivity contribution in [3.05, 3.63) is 35.5 Å². The number of imide groups is 1. The maximum Gasteiger partial charge on any atom is 0.328 e. The van der Waals surface area contributed by atoms with Crippen LogP contribution >= 0.6 is 0 Å². The first-order chi connectivity index (χ1) is 14.8. The zero-order valence-electron chi connectivity index (χ0n) is 18.5. The van der Waals surface area contributed by atoms with Gasteiger partial charge in [0.25, 0.3) is 5.91 Å². The molecule has 0 spiro atoms. The third-order valence-corrected chi connectivity index (χ3v) is 6.34. The van der Waals surface area contributed by atoms with Crippen molar-refractivity contribution >= 4 is 28.7 Å². The normalized spacial score (nSPS) is 21.6. The lowest BCUT2D eigenvalue weighted by Gasteiger charge is -2.36. The highest BCUT2D eigenvalue weighted by molar-refractivity contribution is 6.10. The number of ether oxygens (including phenoxy) is 1. The van der Waals surface area contributed by atoms with E-state index in [-0.39, 0.29) is 17.9 Å². The van der Waals surface area contributed by atoms with Crippen molar-refractivity contribution in [1.82, 2.24) is 20.1 Å². The van der Waals surface area contributed by atoms with Gasteiger partial charge in [0.15, 0.2) is 5.54 Å². The lowest BCUT2D eigenvalue weighted by atomic mass is 9.87. The van der Waals surface area contributed by atoms with E-state index in [1.807, 2.05) is 38.1 Å². The van der Waals surface area contributed by atoms with E-state index in [0.29, 0.717) is 32.5 Å². The van der Waals surface area contributed by atoms with Crippen LogP contribution in [-0.4, -0.2) is 64.5 Å². The van der Waals surface area contributed by atoms with Gasteiger partial charge in [-0.2, -0.15) is 0 Å². The van der Waals surface area contributed by atoms with Gasteiger partial charge in [0.1, 0.15) is 6.04 Å². The van der Waals surface area contributed by atoms with Gasteiger partial charge in [-0.1, -0.05) is 18.2 Å². The molecule has 8 heteroatoms. The summed E-state index contributed by atoms with van der Waals surface area (Å²) in [6, 6.07) is 6.61. The second-order valence-corrected chi connectivity index (χ2v) is 8.70. The molecule has 3 heterocycles. The lowest BCUT2D eigenvalue weighted by Crippen LogP contribution is -2.50. The Bertz CT molecular complexity index is 1030. The molecule has 4 amide bonds. The number of rotatable bonds is 7. The summed E-state index contributed by atoms with van der Waals surface area (Å²) >= 11 is 0. The molecule has 31 heavy (non-hydrogen) atoms. The minimum atomic E-state index is -1.14. The molecule has 2 N–H and O–H groups in total. The van der Waals surface area contributed by atoms with Crippen molar-refractivity contribution in [2.45, 2.75) is 58.2 Å². The van der Waals surface area contributed by atoms with E-state index in [0.717, 1.165) is 27.1 Å². The van der Waals surface area contributed by atoms with E-state index in [1.165, 1.54) is 0 Å². The maximum atomic E-state index is 13.6. The van der Waals surface area contributed by atoms with Gasteiger partial charge in [-0.05, 0) is 52.2 Å². The molecule has 2 aromatic rings. The van der Waals surface area contributed by atoms with E-state index in [4.69, 9.17) is 4.74 Å². The Morgan fingerprint density at radius 3 is 2.74 bits per heavy atom. The van der Waals surface area contributed by atoms with Crippen LogP contribution in [0.4, 0.5) is 4.79 Å². The van der Waals surface area contributed by atoms with Gasteiger partial charge in [0.2, 0.25) is 5.91 Å². The van der Waals surface area contributed by atoms with Crippen LogP contribution in [0.2, 0.25) is 0 Å².